The summed E-state index contributed by atoms with van der Waals surface area (Å²) in [6.45, 7) is 6.96. The Morgan fingerprint density at radius 1 is 0.841 bits per heavy atom. The summed E-state index contributed by atoms with van der Waals surface area (Å²) in [4.78, 5) is 34.7. The molecule has 2 fully saturated rings. The number of benzene rings is 2. The first-order chi connectivity index (χ1) is 21.4. The number of fused-ring (bicyclic) bond motifs is 2. The maximum absolute atomic E-state index is 14.3. The Balaban J connectivity index is 1.14. The first-order valence-electron chi connectivity index (χ1n) is 16.1. The van der Waals surface area contributed by atoms with Gasteiger partial charge in [-0.25, -0.2) is 0 Å². The van der Waals surface area contributed by atoms with Gasteiger partial charge in [0.25, 0.3) is 11.8 Å². The molecule has 44 heavy (non-hydrogen) atoms. The molecule has 2 atom stereocenters. The van der Waals surface area contributed by atoms with E-state index in [9.17, 15) is 9.59 Å². The normalized spacial score (nSPS) is 24.0. The average molecular weight is 591 g/mol. The van der Waals surface area contributed by atoms with Crippen molar-refractivity contribution in [1.29, 1.82) is 0 Å². The second-order valence-corrected chi connectivity index (χ2v) is 12.8. The number of anilines is 1. The fraction of sp³-hybridized carbons (Fsp3) is 0.405. The van der Waals surface area contributed by atoms with E-state index in [-0.39, 0.29) is 17.7 Å². The van der Waals surface area contributed by atoms with Crippen LogP contribution in [0.1, 0.15) is 65.8 Å². The number of amides is 2. The summed E-state index contributed by atoms with van der Waals surface area (Å²) in [5, 5.41) is 0. The summed E-state index contributed by atoms with van der Waals surface area (Å²) in [5.74, 6) is 0.0111. The molecule has 228 valence electrons. The zero-order chi connectivity index (χ0) is 30.3. The van der Waals surface area contributed by atoms with Crippen molar-refractivity contribution in [1.82, 2.24) is 14.4 Å². The van der Waals surface area contributed by atoms with Gasteiger partial charge in [-0.1, -0.05) is 60.7 Å². The molecule has 2 aromatic carbocycles. The van der Waals surface area contributed by atoms with Crippen molar-refractivity contribution in [3.8, 4) is 0 Å². The minimum absolute atomic E-state index is 0.00658. The highest BCUT2D eigenvalue weighted by Crippen LogP contribution is 2.39. The van der Waals surface area contributed by atoms with Crippen molar-refractivity contribution in [2.45, 2.75) is 63.3 Å². The number of likely N-dealkylation sites (tertiary alicyclic amines) is 2. The van der Waals surface area contributed by atoms with E-state index in [0.717, 1.165) is 48.4 Å². The molecule has 7 heteroatoms. The molecule has 0 saturated carbocycles. The van der Waals surface area contributed by atoms with Crippen LogP contribution in [0.4, 0.5) is 5.69 Å². The summed E-state index contributed by atoms with van der Waals surface area (Å²) in [6.07, 6.45) is 10.7. The summed E-state index contributed by atoms with van der Waals surface area (Å²) < 4.78 is 8.16. The number of methoxy groups -OCH3 is 1. The third-order valence-corrected chi connectivity index (χ3v) is 10.2. The molecule has 0 spiro atoms. The van der Waals surface area contributed by atoms with Crippen molar-refractivity contribution in [2.24, 2.45) is 0 Å². The lowest BCUT2D eigenvalue weighted by Gasteiger charge is -2.36. The first kappa shape index (κ1) is 28.8. The van der Waals surface area contributed by atoms with Gasteiger partial charge in [-0.2, -0.15) is 0 Å². The van der Waals surface area contributed by atoms with E-state index in [4.69, 9.17) is 4.74 Å². The van der Waals surface area contributed by atoms with Gasteiger partial charge in [0, 0.05) is 49.1 Å². The van der Waals surface area contributed by atoms with Crippen LogP contribution in [0.25, 0.3) is 0 Å². The van der Waals surface area contributed by atoms with Gasteiger partial charge in [0.05, 0.1) is 18.7 Å². The molecule has 1 aliphatic carbocycles. The molecular weight excluding hydrogens is 548 g/mol. The van der Waals surface area contributed by atoms with Crippen LogP contribution in [0.2, 0.25) is 0 Å². The molecule has 3 aliphatic heterocycles. The number of hydrogen-bond donors (Lipinski definition) is 0. The minimum atomic E-state index is -0.672. The molecule has 2 saturated heterocycles. The lowest BCUT2D eigenvalue weighted by atomic mass is 9.78. The molecule has 0 N–H and O–H groups in total. The number of carbonyl (C=O) groups excluding carboxylic acids is 2. The van der Waals surface area contributed by atoms with Crippen LogP contribution < -0.4 is 4.90 Å². The topological polar surface area (TPSA) is 58.0 Å². The van der Waals surface area contributed by atoms with Crippen molar-refractivity contribution < 1.29 is 14.3 Å². The Morgan fingerprint density at radius 2 is 1.57 bits per heavy atom. The molecule has 4 heterocycles. The molecule has 0 bridgehead atoms. The fourth-order valence-electron chi connectivity index (χ4n) is 7.65. The van der Waals surface area contributed by atoms with Gasteiger partial charge in [0.2, 0.25) is 0 Å². The van der Waals surface area contributed by atoms with Crippen molar-refractivity contribution in [2.75, 3.05) is 38.2 Å². The van der Waals surface area contributed by atoms with Crippen LogP contribution >= 0.6 is 0 Å². The summed E-state index contributed by atoms with van der Waals surface area (Å²) in [7, 11) is 1.70. The zero-order valence-electron chi connectivity index (χ0n) is 25.8. The fourth-order valence-corrected chi connectivity index (χ4v) is 7.65. The third kappa shape index (κ3) is 5.22. The Hall–Kier alpha value is -3.94. The number of para-hydroxylation sites is 1. The number of piperidine rings is 1. The quantitative estimate of drug-likeness (QED) is 0.379. The molecular formula is C37H42N4O3. The third-order valence-electron chi connectivity index (χ3n) is 10.2. The van der Waals surface area contributed by atoms with Crippen LogP contribution in [0.3, 0.4) is 0 Å². The second-order valence-electron chi connectivity index (χ2n) is 12.8. The lowest BCUT2D eigenvalue weighted by molar-refractivity contribution is -0.115. The first-order valence-corrected chi connectivity index (χ1v) is 16.1. The summed E-state index contributed by atoms with van der Waals surface area (Å²) >= 11 is 0. The van der Waals surface area contributed by atoms with Crippen LogP contribution in [0, 0.1) is 0 Å². The van der Waals surface area contributed by atoms with Crippen LogP contribution in [0.5, 0.6) is 0 Å². The number of carbonyl (C=O) groups is 2. The maximum atomic E-state index is 14.3. The Morgan fingerprint density at radius 3 is 2.32 bits per heavy atom. The number of hydrogen-bond acceptors (Lipinski definition) is 4. The number of aromatic nitrogens is 1. The summed E-state index contributed by atoms with van der Waals surface area (Å²) in [5.41, 5.74) is 4.65. The van der Waals surface area contributed by atoms with E-state index in [1.807, 2.05) is 77.4 Å². The highest BCUT2D eigenvalue weighted by Gasteiger charge is 2.37. The molecule has 2 amide bonds. The van der Waals surface area contributed by atoms with E-state index in [1.165, 1.54) is 25.9 Å². The molecule has 0 radical (unpaired) electrons. The standard InChI is InChI=1S/C37H42N4O3/c1-37(44-2)24-28(14-16-32(37)27-10-4-3-5-11-27)35(42)41-26-31-15-17-34(40(31)25-29-12-6-7-13-33(29)41)36(43)39-22-18-30(19-23-39)38-20-8-9-21-38/h3-7,10-17,24,30,32H,8-9,18-23,25-26H2,1-2H3. The van der Waals surface area contributed by atoms with E-state index in [1.54, 1.807) is 7.11 Å². The lowest BCUT2D eigenvalue weighted by Crippen LogP contribution is -2.46. The van der Waals surface area contributed by atoms with Gasteiger partial charge in [0.15, 0.2) is 0 Å². The highest BCUT2D eigenvalue weighted by atomic mass is 16.5. The Labute approximate surface area is 260 Å². The SMILES string of the molecule is COC1(C)C=C(C(=O)N2Cc3ccc(C(=O)N4CCC(N5CCCC5)CC4)n3Cc3ccccc32)C=CC1c1ccccc1. The predicted octanol–water partition coefficient (Wildman–Crippen LogP) is 5.77. The molecule has 3 aromatic rings. The predicted molar refractivity (Wildman–Crippen MR) is 173 cm³/mol. The Bertz CT molecular complexity index is 1590. The number of ether oxygens (including phenoxy) is 1. The molecule has 2 unspecified atom stereocenters. The van der Waals surface area contributed by atoms with Gasteiger partial charge in [-0.15, -0.1) is 0 Å². The zero-order valence-corrected chi connectivity index (χ0v) is 25.8. The van der Waals surface area contributed by atoms with Crippen LogP contribution in [-0.2, 0) is 22.6 Å². The highest BCUT2D eigenvalue weighted by molar-refractivity contribution is 6.08. The van der Waals surface area contributed by atoms with Crippen molar-refractivity contribution >= 4 is 17.5 Å². The van der Waals surface area contributed by atoms with E-state index in [0.29, 0.717) is 30.4 Å². The van der Waals surface area contributed by atoms with Crippen LogP contribution in [0.15, 0.2) is 90.5 Å². The summed E-state index contributed by atoms with van der Waals surface area (Å²) in [6, 6.07) is 22.9. The van der Waals surface area contributed by atoms with Crippen LogP contribution in [-0.4, -0.2) is 71.1 Å². The smallest absolute Gasteiger partial charge is 0.270 e. The van der Waals surface area contributed by atoms with Gasteiger partial charge in [-0.3, -0.25) is 9.59 Å². The van der Waals surface area contributed by atoms with E-state index >= 15 is 0 Å². The van der Waals surface area contributed by atoms with E-state index in [2.05, 4.69) is 33.7 Å². The van der Waals surface area contributed by atoms with Crippen molar-refractivity contribution in [3.05, 3.63) is 113 Å². The molecule has 4 aliphatic rings. The molecule has 1 aromatic heterocycles. The van der Waals surface area contributed by atoms with Crippen molar-refractivity contribution in [3.63, 3.8) is 0 Å². The monoisotopic (exact) mass is 590 g/mol. The second kappa shape index (κ2) is 11.9. The minimum Gasteiger partial charge on any atom is -0.373 e. The molecule has 7 nitrogen and oxygen atoms in total. The number of nitrogens with zero attached hydrogens (tertiary/aromatic N) is 4. The van der Waals surface area contributed by atoms with Gasteiger partial charge >= 0.3 is 0 Å². The molecule has 7 rings (SSSR count). The average Bonchev–Trinajstić information content (AvgIpc) is 3.71. The largest absolute Gasteiger partial charge is 0.373 e. The Kier molecular flexibility index (Phi) is 7.77. The van der Waals surface area contributed by atoms with Gasteiger partial charge in [0.1, 0.15) is 5.69 Å². The van der Waals surface area contributed by atoms with E-state index < -0.39 is 5.60 Å². The van der Waals surface area contributed by atoms with Gasteiger partial charge < -0.3 is 24.0 Å². The van der Waals surface area contributed by atoms with Gasteiger partial charge in [-0.05, 0) is 81.1 Å². The number of rotatable bonds is 5. The maximum Gasteiger partial charge on any atom is 0.270 e.